The van der Waals surface area contributed by atoms with Gasteiger partial charge < -0.3 is 10.4 Å². The second-order valence-corrected chi connectivity index (χ2v) is 8.05. The van der Waals surface area contributed by atoms with Crippen LogP contribution in [0.5, 0.6) is 0 Å². The molecule has 1 aliphatic rings. The van der Waals surface area contributed by atoms with Gasteiger partial charge in [-0.2, -0.15) is 0 Å². The van der Waals surface area contributed by atoms with E-state index >= 15 is 0 Å². The molecule has 12 heteroatoms. The fourth-order valence-corrected chi connectivity index (χ4v) is 4.00. The van der Waals surface area contributed by atoms with E-state index < -0.39 is 33.3 Å². The summed E-state index contributed by atoms with van der Waals surface area (Å²) in [6.45, 7) is 1.33. The number of amides is 2. The zero-order chi connectivity index (χ0) is 26.9. The third-order valence-corrected chi connectivity index (χ3v) is 5.68. The van der Waals surface area contributed by atoms with Crippen molar-refractivity contribution in [2.75, 3.05) is 10.2 Å². The number of hydrogen-bond acceptors (Lipinski definition) is 8. The first-order valence-corrected chi connectivity index (χ1v) is 10.8. The van der Waals surface area contributed by atoms with Crippen molar-refractivity contribution in [3.8, 4) is 0 Å². The molecule has 2 N–H and O–H groups in total. The molecule has 1 atom stereocenters. The number of rotatable bonds is 6. The summed E-state index contributed by atoms with van der Waals surface area (Å²) in [5.41, 5.74) is 0.348. The van der Waals surface area contributed by atoms with Gasteiger partial charge >= 0.3 is 0 Å². The minimum atomic E-state index is -1.16. The third-order valence-electron chi connectivity index (χ3n) is 5.68. The SMILES string of the molecule is CC(=O)Nc1ccc(N2C(=O)C(=O)C(=C(O)c3ccc([N+](=O)[O-])cc3)C2c2ccc([N+](=O)[O-])cc2)cc1. The zero-order valence-corrected chi connectivity index (χ0v) is 19.2. The van der Waals surface area contributed by atoms with Gasteiger partial charge in [-0.05, 0) is 54.1 Å². The Morgan fingerprint density at radius 3 is 1.86 bits per heavy atom. The molecule has 1 aliphatic heterocycles. The molecule has 37 heavy (non-hydrogen) atoms. The van der Waals surface area contributed by atoms with Gasteiger partial charge in [-0.1, -0.05) is 0 Å². The Bertz CT molecular complexity index is 1460. The highest BCUT2D eigenvalue weighted by Crippen LogP contribution is 2.42. The van der Waals surface area contributed by atoms with Crippen LogP contribution < -0.4 is 10.2 Å². The topological polar surface area (TPSA) is 173 Å². The molecule has 1 heterocycles. The Morgan fingerprint density at radius 1 is 0.865 bits per heavy atom. The largest absolute Gasteiger partial charge is 0.507 e. The Kier molecular flexibility index (Phi) is 6.48. The van der Waals surface area contributed by atoms with Crippen molar-refractivity contribution in [3.05, 3.63) is 110 Å². The van der Waals surface area contributed by atoms with E-state index in [-0.39, 0.29) is 34.1 Å². The summed E-state index contributed by atoms with van der Waals surface area (Å²) in [4.78, 5) is 59.7. The summed E-state index contributed by atoms with van der Waals surface area (Å²) in [6, 6.07) is 14.8. The van der Waals surface area contributed by atoms with Crippen molar-refractivity contribution < 1.29 is 29.3 Å². The van der Waals surface area contributed by atoms with E-state index in [1.54, 1.807) is 0 Å². The summed E-state index contributed by atoms with van der Waals surface area (Å²) in [5.74, 6) is -2.83. The number of aliphatic hydroxyl groups excluding tert-OH is 1. The van der Waals surface area contributed by atoms with Gasteiger partial charge in [0.05, 0.1) is 21.5 Å². The van der Waals surface area contributed by atoms with Crippen molar-refractivity contribution >= 4 is 46.1 Å². The number of ketones is 1. The van der Waals surface area contributed by atoms with Gasteiger partial charge in [-0.15, -0.1) is 0 Å². The maximum Gasteiger partial charge on any atom is 0.300 e. The molecule has 12 nitrogen and oxygen atoms in total. The van der Waals surface area contributed by atoms with E-state index in [0.29, 0.717) is 11.3 Å². The molecule has 3 aromatic carbocycles. The number of carbonyl (C=O) groups excluding carboxylic acids is 3. The van der Waals surface area contributed by atoms with E-state index in [9.17, 15) is 39.7 Å². The highest BCUT2D eigenvalue weighted by molar-refractivity contribution is 6.51. The summed E-state index contributed by atoms with van der Waals surface area (Å²) in [5, 5.41) is 35.8. The lowest BCUT2D eigenvalue weighted by atomic mass is 9.95. The number of hydrogen-bond donors (Lipinski definition) is 2. The number of benzene rings is 3. The predicted molar refractivity (Wildman–Crippen MR) is 132 cm³/mol. The first-order valence-electron chi connectivity index (χ1n) is 10.8. The third kappa shape index (κ3) is 4.75. The zero-order valence-electron chi connectivity index (χ0n) is 19.2. The smallest absolute Gasteiger partial charge is 0.300 e. The number of nitro benzene ring substituents is 2. The molecule has 0 radical (unpaired) electrons. The maximum absolute atomic E-state index is 13.2. The number of Topliss-reactive ketones (excluding diaryl/α,β-unsaturated/α-hetero) is 1. The fourth-order valence-electron chi connectivity index (χ4n) is 4.00. The quantitative estimate of drug-likeness (QED) is 0.167. The number of carbonyl (C=O) groups is 3. The number of anilines is 2. The number of aliphatic hydroxyl groups is 1. The van der Waals surface area contributed by atoms with Gasteiger partial charge in [0.2, 0.25) is 5.91 Å². The fraction of sp³-hybridized carbons (Fsp3) is 0.0800. The molecule has 4 rings (SSSR count). The average molecular weight is 502 g/mol. The molecule has 0 aromatic heterocycles. The Morgan fingerprint density at radius 2 is 1.38 bits per heavy atom. The Hall–Kier alpha value is -5.39. The van der Waals surface area contributed by atoms with Gasteiger partial charge in [0.25, 0.3) is 23.1 Å². The Balaban J connectivity index is 1.87. The van der Waals surface area contributed by atoms with Crippen LogP contribution >= 0.6 is 0 Å². The molecule has 1 fully saturated rings. The number of nitro groups is 2. The molecule has 3 aromatic rings. The number of non-ortho nitro benzene ring substituents is 2. The van der Waals surface area contributed by atoms with Crippen molar-refractivity contribution in [1.29, 1.82) is 0 Å². The maximum atomic E-state index is 13.2. The highest BCUT2D eigenvalue weighted by Gasteiger charge is 2.47. The van der Waals surface area contributed by atoms with Crippen LogP contribution in [0, 0.1) is 20.2 Å². The highest BCUT2D eigenvalue weighted by atomic mass is 16.6. The van der Waals surface area contributed by atoms with Crippen LogP contribution in [0.15, 0.2) is 78.4 Å². The first kappa shape index (κ1) is 24.7. The second kappa shape index (κ2) is 9.70. The van der Waals surface area contributed by atoms with E-state index in [1.165, 1.54) is 67.6 Å². The van der Waals surface area contributed by atoms with Crippen molar-refractivity contribution in [1.82, 2.24) is 0 Å². The van der Waals surface area contributed by atoms with Crippen LogP contribution in [-0.4, -0.2) is 32.6 Å². The van der Waals surface area contributed by atoms with Gasteiger partial charge in [0.15, 0.2) is 0 Å². The van der Waals surface area contributed by atoms with Crippen LogP contribution in [0.2, 0.25) is 0 Å². The normalized spacial score (nSPS) is 16.5. The van der Waals surface area contributed by atoms with E-state index in [1.807, 2.05) is 0 Å². The molecule has 0 bridgehead atoms. The van der Waals surface area contributed by atoms with Gasteiger partial charge in [0.1, 0.15) is 5.76 Å². The molecule has 1 unspecified atom stereocenters. The minimum absolute atomic E-state index is 0.0662. The first-order chi connectivity index (χ1) is 17.6. The summed E-state index contributed by atoms with van der Waals surface area (Å²) >= 11 is 0. The molecular formula is C25H18N4O8. The monoisotopic (exact) mass is 502 g/mol. The summed E-state index contributed by atoms with van der Waals surface area (Å²) < 4.78 is 0. The van der Waals surface area contributed by atoms with Crippen molar-refractivity contribution in [2.45, 2.75) is 13.0 Å². The van der Waals surface area contributed by atoms with Crippen LogP contribution in [0.4, 0.5) is 22.7 Å². The Labute approximate surface area is 208 Å². The van der Waals surface area contributed by atoms with E-state index in [4.69, 9.17) is 0 Å². The van der Waals surface area contributed by atoms with Crippen LogP contribution in [0.3, 0.4) is 0 Å². The van der Waals surface area contributed by atoms with Gasteiger partial charge in [-0.25, -0.2) is 0 Å². The minimum Gasteiger partial charge on any atom is -0.507 e. The van der Waals surface area contributed by atoms with Gasteiger partial charge in [-0.3, -0.25) is 39.5 Å². The lowest BCUT2D eigenvalue weighted by Gasteiger charge is -2.25. The molecule has 186 valence electrons. The summed E-state index contributed by atoms with van der Waals surface area (Å²) in [7, 11) is 0. The predicted octanol–water partition coefficient (Wildman–Crippen LogP) is 4.09. The van der Waals surface area contributed by atoms with Crippen LogP contribution in [0.25, 0.3) is 5.76 Å². The molecule has 2 amide bonds. The van der Waals surface area contributed by atoms with Crippen molar-refractivity contribution in [3.63, 3.8) is 0 Å². The standard InChI is InChI=1S/C25H18N4O8/c1-14(30)26-17-6-12-18(13-7-17)27-22(15-2-8-19(9-3-15)28(34)35)21(24(32)25(27)33)23(31)16-4-10-20(11-5-16)29(36)37/h2-13,22,31H,1H3,(H,26,30). The average Bonchev–Trinajstić information content (AvgIpc) is 3.14. The molecule has 0 saturated carbocycles. The lowest BCUT2D eigenvalue weighted by Crippen LogP contribution is -2.29. The van der Waals surface area contributed by atoms with E-state index in [2.05, 4.69) is 5.32 Å². The number of nitrogens with zero attached hydrogens (tertiary/aromatic N) is 3. The molecule has 1 saturated heterocycles. The van der Waals surface area contributed by atoms with E-state index in [0.717, 1.165) is 17.0 Å². The molecule has 0 aliphatic carbocycles. The molecule has 0 spiro atoms. The summed E-state index contributed by atoms with van der Waals surface area (Å²) in [6.07, 6.45) is 0. The second-order valence-electron chi connectivity index (χ2n) is 8.05. The molecular weight excluding hydrogens is 484 g/mol. The number of nitrogens with one attached hydrogen (secondary N) is 1. The van der Waals surface area contributed by atoms with Crippen LogP contribution in [0.1, 0.15) is 24.1 Å². The van der Waals surface area contributed by atoms with Crippen LogP contribution in [-0.2, 0) is 14.4 Å². The van der Waals surface area contributed by atoms with Gasteiger partial charge in [0, 0.05) is 48.1 Å². The lowest BCUT2D eigenvalue weighted by molar-refractivity contribution is -0.385. The van der Waals surface area contributed by atoms with Crippen molar-refractivity contribution in [2.24, 2.45) is 0 Å².